The van der Waals surface area contributed by atoms with Crippen LogP contribution in [0.25, 0.3) is 11.2 Å². The summed E-state index contributed by atoms with van der Waals surface area (Å²) >= 11 is 0. The van der Waals surface area contributed by atoms with Gasteiger partial charge < -0.3 is 15.1 Å². The quantitative estimate of drug-likeness (QED) is 0.227. The smallest absolute Gasteiger partial charge is 0.339 e. The number of nitrogens with zero attached hydrogens (tertiary/aromatic N) is 6. The molecule has 6 rings (SSSR count). The summed E-state index contributed by atoms with van der Waals surface area (Å²) in [5, 5.41) is 7.78. The number of anilines is 2. The first-order valence-corrected chi connectivity index (χ1v) is 16.1. The fraction of sp³-hybridized carbons (Fsp3) is 0.400. The summed E-state index contributed by atoms with van der Waals surface area (Å²) in [7, 11) is 0. The Bertz CT molecular complexity index is 1760. The van der Waals surface area contributed by atoms with Crippen LogP contribution >= 0.6 is 0 Å². The number of likely N-dealkylation sites (tertiary alicyclic amines) is 1. The number of nitrogens with one attached hydrogen (secondary N) is 1. The molecule has 12 heteroatoms. The van der Waals surface area contributed by atoms with Crippen molar-refractivity contribution in [1.29, 1.82) is 0 Å². The van der Waals surface area contributed by atoms with Crippen LogP contribution in [0.4, 0.5) is 24.8 Å². The van der Waals surface area contributed by atoms with Crippen LogP contribution in [0.15, 0.2) is 73.2 Å². The first-order chi connectivity index (χ1) is 22.5. The number of piperidine rings is 1. The second kappa shape index (κ2) is 13.5. The van der Waals surface area contributed by atoms with Gasteiger partial charge in [0.15, 0.2) is 24.1 Å². The lowest BCUT2D eigenvalue weighted by molar-refractivity contribution is -0.724. The third kappa shape index (κ3) is 7.64. The zero-order chi connectivity index (χ0) is 33.1. The van der Waals surface area contributed by atoms with Gasteiger partial charge >= 0.3 is 6.18 Å². The molecule has 3 aromatic heterocycles. The van der Waals surface area contributed by atoms with Crippen LogP contribution < -0.4 is 9.88 Å². The Morgan fingerprint density at radius 3 is 2.49 bits per heavy atom. The van der Waals surface area contributed by atoms with E-state index in [0.29, 0.717) is 42.6 Å². The van der Waals surface area contributed by atoms with E-state index in [0.717, 1.165) is 36.2 Å². The van der Waals surface area contributed by atoms with Crippen molar-refractivity contribution >= 4 is 34.7 Å². The highest BCUT2D eigenvalue weighted by atomic mass is 19.4. The summed E-state index contributed by atoms with van der Waals surface area (Å²) in [6, 6.07) is 15.7. The minimum absolute atomic E-state index is 0.0116. The number of amides is 2. The second-order valence-electron chi connectivity index (χ2n) is 12.5. The third-order valence-corrected chi connectivity index (χ3v) is 8.93. The van der Waals surface area contributed by atoms with Crippen molar-refractivity contribution in [2.45, 2.75) is 64.1 Å². The number of aromatic nitrogens is 4. The van der Waals surface area contributed by atoms with Crippen molar-refractivity contribution < 1.29 is 27.3 Å². The van der Waals surface area contributed by atoms with Gasteiger partial charge in [0.25, 0.3) is 5.91 Å². The third-order valence-electron chi connectivity index (χ3n) is 8.93. The monoisotopic (exact) mass is 646 g/mol. The molecule has 1 aromatic carbocycles. The number of carbonyl (C=O) groups excluding carboxylic acids is 2. The molecule has 4 aromatic rings. The topological polar surface area (TPSA) is 86.7 Å². The van der Waals surface area contributed by atoms with Gasteiger partial charge in [0.1, 0.15) is 0 Å². The Hall–Kier alpha value is -4.74. The van der Waals surface area contributed by atoms with Crippen LogP contribution in [-0.2, 0) is 4.79 Å². The zero-order valence-corrected chi connectivity index (χ0v) is 26.6. The molecule has 9 nitrogen and oxygen atoms in total. The molecule has 1 unspecified atom stereocenters. The minimum atomic E-state index is -4.35. The lowest BCUT2D eigenvalue weighted by Crippen LogP contribution is -2.50. The van der Waals surface area contributed by atoms with Gasteiger partial charge in [0.2, 0.25) is 11.9 Å². The van der Waals surface area contributed by atoms with Gasteiger partial charge in [-0.05, 0) is 66.3 Å². The number of pyridine rings is 2. The van der Waals surface area contributed by atoms with Gasteiger partial charge in [0, 0.05) is 67.6 Å². The number of alkyl halides is 3. The van der Waals surface area contributed by atoms with Crippen LogP contribution in [0.1, 0.15) is 79.4 Å². The normalized spacial score (nSPS) is 17.2. The van der Waals surface area contributed by atoms with Gasteiger partial charge in [-0.1, -0.05) is 19.9 Å². The fourth-order valence-corrected chi connectivity index (χ4v) is 6.23. The van der Waals surface area contributed by atoms with Crippen molar-refractivity contribution in [3.05, 3.63) is 89.9 Å². The van der Waals surface area contributed by atoms with Gasteiger partial charge in [-0.2, -0.15) is 18.2 Å². The first kappa shape index (κ1) is 32.2. The maximum absolute atomic E-state index is 13.4. The molecule has 1 saturated heterocycles. The van der Waals surface area contributed by atoms with E-state index in [1.807, 2.05) is 47.4 Å². The van der Waals surface area contributed by atoms with E-state index in [4.69, 9.17) is 4.98 Å². The molecular weight excluding hydrogens is 607 g/mol. The van der Waals surface area contributed by atoms with E-state index in [1.54, 1.807) is 10.7 Å². The highest BCUT2D eigenvalue weighted by molar-refractivity contribution is 5.94. The average molecular weight is 647 g/mol. The van der Waals surface area contributed by atoms with Crippen LogP contribution in [0, 0.1) is 0 Å². The van der Waals surface area contributed by atoms with Crippen molar-refractivity contribution in [2.24, 2.45) is 0 Å². The van der Waals surface area contributed by atoms with Gasteiger partial charge in [0.05, 0.1) is 13.0 Å². The summed E-state index contributed by atoms with van der Waals surface area (Å²) in [6.07, 6.45) is 4.39. The summed E-state index contributed by atoms with van der Waals surface area (Å²) in [5.74, 6) is 0.377. The molecule has 0 aliphatic carbocycles. The van der Waals surface area contributed by atoms with Gasteiger partial charge in [-0.25, -0.2) is 9.08 Å². The molecule has 2 aliphatic heterocycles. The SMILES string of the molecule is CC(C)c1cc[n+](C2CCCN(C(=O)c3ccc(Nc4nc5c(C6=CCN(C(=O)CCC(F)(F)F)CC6)cccn5n4)cc3)C2)cc1. The largest absolute Gasteiger partial charge is 0.389 e. The summed E-state index contributed by atoms with van der Waals surface area (Å²) in [4.78, 5) is 33.7. The van der Waals surface area contributed by atoms with E-state index < -0.39 is 24.9 Å². The van der Waals surface area contributed by atoms with Crippen molar-refractivity contribution in [3.8, 4) is 0 Å². The Morgan fingerprint density at radius 2 is 1.81 bits per heavy atom. The van der Waals surface area contributed by atoms with Gasteiger partial charge in [-0.3, -0.25) is 9.59 Å². The molecule has 5 heterocycles. The van der Waals surface area contributed by atoms with Crippen molar-refractivity contribution in [1.82, 2.24) is 24.4 Å². The highest BCUT2D eigenvalue weighted by Gasteiger charge is 2.31. The fourth-order valence-electron chi connectivity index (χ4n) is 6.23. The molecule has 1 fully saturated rings. The Kier molecular flexibility index (Phi) is 9.28. The lowest BCUT2D eigenvalue weighted by Gasteiger charge is -2.30. The Balaban J connectivity index is 1.09. The maximum atomic E-state index is 13.4. The van der Waals surface area contributed by atoms with Crippen molar-refractivity contribution in [3.63, 3.8) is 0 Å². The molecule has 0 spiro atoms. The van der Waals surface area contributed by atoms with Gasteiger partial charge in [-0.15, -0.1) is 5.10 Å². The molecular formula is C35H39F3N7O2+. The van der Waals surface area contributed by atoms with E-state index >= 15 is 0 Å². The number of benzene rings is 1. The number of hydrogen-bond acceptors (Lipinski definition) is 5. The predicted octanol–water partition coefficient (Wildman–Crippen LogP) is 6.32. The van der Waals surface area contributed by atoms with Crippen LogP contribution in [0.3, 0.4) is 0 Å². The second-order valence-corrected chi connectivity index (χ2v) is 12.5. The number of halogens is 3. The first-order valence-electron chi connectivity index (χ1n) is 16.1. The summed E-state index contributed by atoms with van der Waals surface area (Å²) in [6.45, 7) is 6.35. The Morgan fingerprint density at radius 1 is 1.04 bits per heavy atom. The average Bonchev–Trinajstić information content (AvgIpc) is 3.50. The lowest BCUT2D eigenvalue weighted by atomic mass is 10.00. The number of hydrogen-bond donors (Lipinski definition) is 1. The standard InChI is InChI=1S/C35H38F3N7O2/c1-24(2)25-12-19-42(20-13-25)29-5-3-17-44(23-29)33(47)27-7-9-28(10-8-27)39-34-40-32-30(6-4-18-45(32)41-34)26-14-21-43(22-15-26)31(46)11-16-35(36,37)38/h4,6-10,12-14,18-20,24,29H,3,5,11,15-17,21-23H2,1-2H3/p+1. The molecule has 2 aliphatic rings. The number of rotatable bonds is 8. The molecule has 1 N–H and O–H groups in total. The van der Waals surface area contributed by atoms with E-state index in [9.17, 15) is 22.8 Å². The van der Waals surface area contributed by atoms with Crippen molar-refractivity contribution in [2.75, 3.05) is 31.5 Å². The van der Waals surface area contributed by atoms with Crippen LogP contribution in [0.2, 0.25) is 0 Å². The number of carbonyl (C=O) groups is 2. The molecule has 1 atom stereocenters. The van der Waals surface area contributed by atoms with Crippen LogP contribution in [-0.4, -0.2) is 68.6 Å². The molecule has 47 heavy (non-hydrogen) atoms. The van der Waals surface area contributed by atoms with Crippen LogP contribution in [0.5, 0.6) is 0 Å². The minimum Gasteiger partial charge on any atom is -0.339 e. The molecule has 246 valence electrons. The summed E-state index contributed by atoms with van der Waals surface area (Å²) < 4.78 is 41.5. The molecule has 0 saturated carbocycles. The van der Waals surface area contributed by atoms with E-state index in [2.05, 4.69) is 53.4 Å². The number of fused-ring (bicyclic) bond motifs is 1. The molecule has 0 bridgehead atoms. The summed E-state index contributed by atoms with van der Waals surface area (Å²) in [5.41, 5.74) is 5.10. The molecule has 2 amide bonds. The predicted molar refractivity (Wildman–Crippen MR) is 172 cm³/mol. The Labute approximate surface area is 271 Å². The zero-order valence-electron chi connectivity index (χ0n) is 26.6. The maximum Gasteiger partial charge on any atom is 0.389 e. The van der Waals surface area contributed by atoms with E-state index in [-0.39, 0.29) is 18.5 Å². The van der Waals surface area contributed by atoms with E-state index in [1.165, 1.54) is 10.5 Å². The molecule has 0 radical (unpaired) electrons. The highest BCUT2D eigenvalue weighted by Crippen LogP contribution is 2.28.